The number of fused-ring (bicyclic) bond motifs is 1. The van der Waals surface area contributed by atoms with Crippen LogP contribution in [0.4, 0.5) is 33.6 Å². The molecule has 4 aromatic rings. The molecule has 0 bridgehead atoms. The molecule has 5 rings (SSSR count). The van der Waals surface area contributed by atoms with Crippen LogP contribution in [-0.4, -0.2) is 60.1 Å². The van der Waals surface area contributed by atoms with E-state index in [1.165, 1.54) is 21.7 Å². The summed E-state index contributed by atoms with van der Waals surface area (Å²) in [6, 6.07) is 5.04. The van der Waals surface area contributed by atoms with E-state index in [2.05, 4.69) is 25.5 Å². The highest BCUT2D eigenvalue weighted by Gasteiger charge is 2.33. The molecule has 1 N–H and O–H groups in total. The first-order valence-electron chi connectivity index (χ1n) is 10.5. The Bertz CT molecular complexity index is 1290. The minimum atomic E-state index is -4.21. The molecule has 1 aliphatic heterocycles. The van der Waals surface area contributed by atoms with E-state index in [1.807, 2.05) is 0 Å². The van der Waals surface area contributed by atoms with Gasteiger partial charge < -0.3 is 5.32 Å². The third-order valence-corrected chi connectivity index (χ3v) is 5.63. The first kappa shape index (κ1) is 22.2. The summed E-state index contributed by atoms with van der Waals surface area (Å²) in [4.78, 5) is 9.87. The summed E-state index contributed by atoms with van der Waals surface area (Å²) < 4.78 is 69.5. The molecule has 8 nitrogen and oxygen atoms in total. The molecule has 34 heavy (non-hydrogen) atoms. The fourth-order valence-electron chi connectivity index (χ4n) is 4.06. The van der Waals surface area contributed by atoms with Crippen LogP contribution >= 0.6 is 0 Å². The summed E-state index contributed by atoms with van der Waals surface area (Å²) in [6.45, 7) is -0.265. The molecule has 1 saturated heterocycles. The van der Waals surface area contributed by atoms with Crippen molar-refractivity contribution in [1.29, 1.82) is 0 Å². The Morgan fingerprint density at radius 3 is 2.44 bits per heavy atom. The molecule has 1 aliphatic rings. The molecule has 0 aliphatic carbocycles. The van der Waals surface area contributed by atoms with E-state index < -0.39 is 24.4 Å². The van der Waals surface area contributed by atoms with Gasteiger partial charge in [0, 0.05) is 25.4 Å². The second kappa shape index (κ2) is 8.63. The Morgan fingerprint density at radius 1 is 1.00 bits per heavy atom. The summed E-state index contributed by atoms with van der Waals surface area (Å²) in [5.41, 5.74) is 0.517. The highest BCUT2D eigenvalue weighted by molar-refractivity contribution is 5.63. The fraction of sp³-hybridized carbons (Fsp3) is 0.333. The van der Waals surface area contributed by atoms with Gasteiger partial charge in [-0.25, -0.2) is 13.8 Å². The van der Waals surface area contributed by atoms with Crippen molar-refractivity contribution in [3.8, 4) is 11.4 Å². The van der Waals surface area contributed by atoms with Crippen LogP contribution in [-0.2, 0) is 0 Å². The van der Waals surface area contributed by atoms with Crippen LogP contribution in [0.25, 0.3) is 17.0 Å². The van der Waals surface area contributed by atoms with E-state index in [9.17, 15) is 22.0 Å². The lowest BCUT2D eigenvalue weighted by Crippen LogP contribution is -2.40. The summed E-state index contributed by atoms with van der Waals surface area (Å²) in [7, 11) is 0. The van der Waals surface area contributed by atoms with E-state index in [4.69, 9.17) is 0 Å². The average Bonchev–Trinajstić information content (AvgIpc) is 3.43. The zero-order chi connectivity index (χ0) is 23.9. The number of nitrogens with zero attached hydrogens (tertiary/aromatic N) is 7. The maximum Gasteiger partial charge on any atom is 0.401 e. The molecule has 1 fully saturated rings. The molecule has 3 aromatic heterocycles. The van der Waals surface area contributed by atoms with Gasteiger partial charge in [0.05, 0.1) is 36.2 Å². The van der Waals surface area contributed by atoms with Crippen LogP contribution in [0.5, 0.6) is 0 Å². The first-order valence-corrected chi connectivity index (χ1v) is 10.5. The molecular weight excluding hydrogens is 459 g/mol. The number of hydrogen-bond acceptors (Lipinski definition) is 6. The molecule has 0 spiro atoms. The number of piperidine rings is 1. The fourth-order valence-corrected chi connectivity index (χ4v) is 4.06. The van der Waals surface area contributed by atoms with Crippen LogP contribution < -0.4 is 5.32 Å². The second-order valence-corrected chi connectivity index (χ2v) is 8.03. The van der Waals surface area contributed by atoms with Gasteiger partial charge in [-0.15, -0.1) is 0 Å². The van der Waals surface area contributed by atoms with Crippen LogP contribution in [0.1, 0.15) is 18.9 Å². The van der Waals surface area contributed by atoms with Gasteiger partial charge in [-0.3, -0.25) is 9.58 Å². The molecule has 0 saturated carbocycles. The van der Waals surface area contributed by atoms with E-state index >= 15 is 0 Å². The topological polar surface area (TPSA) is 76.2 Å². The molecule has 4 heterocycles. The largest absolute Gasteiger partial charge is 0.401 e. The smallest absolute Gasteiger partial charge is 0.321 e. The predicted octanol–water partition coefficient (Wildman–Crippen LogP) is 4.21. The molecule has 0 radical (unpaired) electrons. The number of likely N-dealkylation sites (tertiary alicyclic amines) is 1. The summed E-state index contributed by atoms with van der Waals surface area (Å²) in [6.07, 6.45) is 1.59. The molecule has 13 heteroatoms. The first-order chi connectivity index (χ1) is 16.3. The summed E-state index contributed by atoms with van der Waals surface area (Å²) in [5.74, 6) is -1.55. The minimum Gasteiger partial charge on any atom is -0.321 e. The highest BCUT2D eigenvalue weighted by atomic mass is 19.4. The molecular formula is C21H19F5N8. The number of alkyl halides is 3. The van der Waals surface area contributed by atoms with Gasteiger partial charge in [0.15, 0.2) is 11.5 Å². The maximum atomic E-state index is 14.3. The van der Waals surface area contributed by atoms with Crippen LogP contribution in [0.3, 0.4) is 0 Å². The summed E-state index contributed by atoms with van der Waals surface area (Å²) in [5, 5.41) is 11.5. The number of rotatable bonds is 5. The van der Waals surface area contributed by atoms with Crippen LogP contribution in [0.15, 0.2) is 42.9 Å². The lowest BCUT2D eigenvalue weighted by atomic mass is 10.1. The van der Waals surface area contributed by atoms with Gasteiger partial charge in [-0.2, -0.15) is 32.9 Å². The van der Waals surface area contributed by atoms with Gasteiger partial charge in [0.1, 0.15) is 11.6 Å². The Hall–Kier alpha value is -3.61. The molecule has 0 atom stereocenters. The molecule has 0 amide bonds. The normalized spacial score (nSPS) is 15.8. The third kappa shape index (κ3) is 4.55. The quantitative estimate of drug-likeness (QED) is 0.433. The van der Waals surface area contributed by atoms with Gasteiger partial charge in [0.2, 0.25) is 5.95 Å². The summed E-state index contributed by atoms with van der Waals surface area (Å²) >= 11 is 0. The van der Waals surface area contributed by atoms with Gasteiger partial charge in [-0.05, 0) is 25.0 Å². The Labute approximate surface area is 190 Å². The van der Waals surface area contributed by atoms with Gasteiger partial charge in [0.25, 0.3) is 0 Å². The van der Waals surface area contributed by atoms with Crippen molar-refractivity contribution in [2.75, 3.05) is 25.0 Å². The number of benzene rings is 1. The SMILES string of the molecule is Fc1cccc(F)c1-c1nc(Nc2cnn(C3CCN(CC(F)(F)F)CC3)c2)n2nccc2n1. The van der Waals surface area contributed by atoms with E-state index in [1.54, 1.807) is 23.1 Å². The predicted molar refractivity (Wildman–Crippen MR) is 112 cm³/mol. The Balaban J connectivity index is 1.36. The van der Waals surface area contributed by atoms with Gasteiger partial charge in [-0.1, -0.05) is 6.07 Å². The van der Waals surface area contributed by atoms with Crippen LogP contribution in [0.2, 0.25) is 0 Å². The average molecular weight is 478 g/mol. The highest BCUT2D eigenvalue weighted by Crippen LogP contribution is 2.28. The number of hydrogen-bond donors (Lipinski definition) is 1. The van der Waals surface area contributed by atoms with E-state index in [-0.39, 0.29) is 23.4 Å². The zero-order valence-electron chi connectivity index (χ0n) is 17.7. The third-order valence-electron chi connectivity index (χ3n) is 5.63. The van der Waals surface area contributed by atoms with Crippen molar-refractivity contribution in [2.24, 2.45) is 0 Å². The minimum absolute atomic E-state index is 0.0433. The van der Waals surface area contributed by atoms with Crippen molar-refractivity contribution in [2.45, 2.75) is 25.1 Å². The molecule has 0 unspecified atom stereocenters. The Kier molecular flexibility index (Phi) is 5.63. The van der Waals surface area contributed by atoms with Crippen molar-refractivity contribution in [3.63, 3.8) is 0 Å². The van der Waals surface area contributed by atoms with E-state index in [0.717, 1.165) is 12.1 Å². The van der Waals surface area contributed by atoms with Crippen LogP contribution in [0, 0.1) is 11.6 Å². The molecule has 1 aromatic carbocycles. The van der Waals surface area contributed by atoms with Crippen molar-refractivity contribution < 1.29 is 22.0 Å². The van der Waals surface area contributed by atoms with E-state index in [0.29, 0.717) is 37.3 Å². The maximum absolute atomic E-state index is 14.3. The lowest BCUT2D eigenvalue weighted by Gasteiger charge is -2.32. The Morgan fingerprint density at radius 2 is 1.74 bits per heavy atom. The van der Waals surface area contributed by atoms with Crippen molar-refractivity contribution >= 4 is 17.3 Å². The second-order valence-electron chi connectivity index (χ2n) is 8.03. The lowest BCUT2D eigenvalue weighted by molar-refractivity contribution is -0.148. The van der Waals surface area contributed by atoms with Crippen molar-refractivity contribution in [3.05, 3.63) is 54.5 Å². The van der Waals surface area contributed by atoms with Gasteiger partial charge >= 0.3 is 6.18 Å². The van der Waals surface area contributed by atoms with Crippen molar-refractivity contribution in [1.82, 2.24) is 34.3 Å². The zero-order valence-corrected chi connectivity index (χ0v) is 17.7. The monoisotopic (exact) mass is 478 g/mol. The number of aromatic nitrogens is 6. The number of nitrogens with one attached hydrogen (secondary N) is 1. The number of anilines is 2. The molecule has 178 valence electrons. The number of halogens is 5. The standard InChI is InChI=1S/C21H19F5N8/c22-15-2-1-3-16(23)18(15)19-30-17-4-7-27-34(17)20(31-19)29-13-10-28-33(11-13)14-5-8-32(9-6-14)12-21(24,25)26/h1-4,7,10-11,14H,5-6,8-9,12H2,(H,29,30,31).